The quantitative estimate of drug-likeness (QED) is 0.776. The van der Waals surface area contributed by atoms with Gasteiger partial charge in [-0.1, -0.05) is 18.2 Å². The molecule has 102 valence electrons. The molecule has 3 heteroatoms. The van der Waals surface area contributed by atoms with E-state index in [0.717, 1.165) is 23.5 Å². The summed E-state index contributed by atoms with van der Waals surface area (Å²) in [7, 11) is 0. The zero-order valence-electron chi connectivity index (χ0n) is 11.8. The highest BCUT2D eigenvalue weighted by Crippen LogP contribution is 2.19. The van der Waals surface area contributed by atoms with E-state index in [0.29, 0.717) is 0 Å². The highest BCUT2D eigenvalue weighted by atomic mass is 16.3. The van der Waals surface area contributed by atoms with Gasteiger partial charge in [0.15, 0.2) is 0 Å². The van der Waals surface area contributed by atoms with Crippen molar-refractivity contribution < 1.29 is 4.42 Å². The lowest BCUT2D eigenvalue weighted by Crippen LogP contribution is -2.18. The molecule has 20 heavy (non-hydrogen) atoms. The van der Waals surface area contributed by atoms with Gasteiger partial charge >= 0.3 is 0 Å². The Balaban J connectivity index is 1.84. The minimum absolute atomic E-state index is 0.192. The number of nitrogens with zero attached hydrogens (tertiary/aromatic N) is 1. The minimum Gasteiger partial charge on any atom is -0.468 e. The predicted octanol–water partition coefficient (Wildman–Crippen LogP) is 3.99. The van der Waals surface area contributed by atoms with Crippen molar-refractivity contribution in [2.45, 2.75) is 26.4 Å². The summed E-state index contributed by atoms with van der Waals surface area (Å²) >= 11 is 0. The summed E-state index contributed by atoms with van der Waals surface area (Å²) in [6.45, 7) is 4.94. The molecule has 1 atom stereocenters. The molecule has 0 bridgehead atoms. The number of nitrogens with one attached hydrogen (secondary N) is 1. The summed E-state index contributed by atoms with van der Waals surface area (Å²) in [6.07, 6.45) is 1.71. The number of hydrogen-bond donors (Lipinski definition) is 1. The summed E-state index contributed by atoms with van der Waals surface area (Å²) in [5.74, 6) is 0.958. The number of pyridine rings is 1. The van der Waals surface area contributed by atoms with Gasteiger partial charge in [0.2, 0.25) is 0 Å². The molecule has 0 fully saturated rings. The van der Waals surface area contributed by atoms with Crippen LogP contribution in [0.4, 0.5) is 0 Å². The molecule has 0 aliphatic carbocycles. The molecule has 3 aromatic rings. The average Bonchev–Trinajstić information content (AvgIpc) is 2.98. The third kappa shape index (κ3) is 2.58. The second kappa shape index (κ2) is 5.47. The van der Waals surface area contributed by atoms with Crippen molar-refractivity contribution >= 4 is 10.9 Å². The van der Waals surface area contributed by atoms with Crippen LogP contribution in [0.1, 0.15) is 30.0 Å². The van der Waals surface area contributed by atoms with E-state index in [1.807, 2.05) is 25.1 Å². The predicted molar refractivity (Wildman–Crippen MR) is 80.4 cm³/mol. The van der Waals surface area contributed by atoms with Gasteiger partial charge in [-0.05, 0) is 43.7 Å². The molecule has 1 unspecified atom stereocenters. The Hall–Kier alpha value is -2.13. The van der Waals surface area contributed by atoms with E-state index in [1.54, 1.807) is 6.26 Å². The van der Waals surface area contributed by atoms with Gasteiger partial charge in [-0.2, -0.15) is 0 Å². The lowest BCUT2D eigenvalue weighted by Gasteiger charge is -2.13. The minimum atomic E-state index is 0.192. The van der Waals surface area contributed by atoms with Crippen LogP contribution in [0.15, 0.2) is 53.1 Å². The van der Waals surface area contributed by atoms with Crippen LogP contribution >= 0.6 is 0 Å². The third-order valence-electron chi connectivity index (χ3n) is 3.50. The number of aromatic nitrogens is 1. The lowest BCUT2D eigenvalue weighted by atomic mass is 10.1. The van der Waals surface area contributed by atoms with Gasteiger partial charge in [0.25, 0.3) is 0 Å². The van der Waals surface area contributed by atoms with Crippen LogP contribution in [0.5, 0.6) is 0 Å². The summed E-state index contributed by atoms with van der Waals surface area (Å²) in [5.41, 5.74) is 3.37. The number of benzene rings is 1. The van der Waals surface area contributed by atoms with Gasteiger partial charge in [-0.15, -0.1) is 0 Å². The number of furan rings is 1. The number of fused-ring (bicyclic) bond motifs is 1. The molecule has 3 rings (SSSR count). The fourth-order valence-electron chi connectivity index (χ4n) is 2.44. The highest BCUT2D eigenvalue weighted by molar-refractivity contribution is 5.82. The van der Waals surface area contributed by atoms with Gasteiger partial charge in [-0.25, -0.2) is 0 Å². The van der Waals surface area contributed by atoms with Crippen LogP contribution in [-0.2, 0) is 6.54 Å². The Morgan fingerprint density at radius 3 is 2.85 bits per heavy atom. The molecule has 0 aliphatic heterocycles. The summed E-state index contributed by atoms with van der Waals surface area (Å²) in [4.78, 5) is 4.57. The van der Waals surface area contributed by atoms with E-state index in [4.69, 9.17) is 4.42 Å². The fraction of sp³-hybridized carbons (Fsp3) is 0.235. The standard InChI is InChI=1S/C17H18N2O/c1-12-10-14(15-6-3-4-7-16(15)19-12)11-18-13(2)17-8-5-9-20-17/h3-10,13,18H,11H2,1-2H3. The SMILES string of the molecule is Cc1cc(CNC(C)c2ccco2)c2ccccc2n1. The normalized spacial score (nSPS) is 12.7. The first kappa shape index (κ1) is 12.9. The van der Waals surface area contributed by atoms with Gasteiger partial charge in [-0.3, -0.25) is 4.98 Å². The van der Waals surface area contributed by atoms with Gasteiger partial charge in [0.05, 0.1) is 17.8 Å². The van der Waals surface area contributed by atoms with Crippen LogP contribution in [0.3, 0.4) is 0 Å². The first-order chi connectivity index (χ1) is 9.74. The van der Waals surface area contributed by atoms with Gasteiger partial charge in [0, 0.05) is 17.6 Å². The molecular formula is C17H18N2O. The summed E-state index contributed by atoms with van der Waals surface area (Å²) in [6, 6.07) is 14.5. The Bertz CT molecular complexity index is 704. The monoisotopic (exact) mass is 266 g/mol. The Morgan fingerprint density at radius 1 is 1.20 bits per heavy atom. The Kier molecular flexibility index (Phi) is 3.52. The van der Waals surface area contributed by atoms with Crippen molar-refractivity contribution in [2.24, 2.45) is 0 Å². The zero-order chi connectivity index (χ0) is 13.9. The van der Waals surface area contributed by atoms with Crippen LogP contribution in [0.25, 0.3) is 10.9 Å². The molecule has 0 saturated heterocycles. The third-order valence-corrected chi connectivity index (χ3v) is 3.50. The number of aryl methyl sites for hydroxylation is 1. The van der Waals surface area contributed by atoms with E-state index < -0.39 is 0 Å². The van der Waals surface area contributed by atoms with Crippen molar-refractivity contribution in [2.75, 3.05) is 0 Å². The molecule has 2 heterocycles. The maximum absolute atomic E-state index is 5.42. The second-order valence-corrected chi connectivity index (χ2v) is 5.06. The molecule has 3 nitrogen and oxygen atoms in total. The second-order valence-electron chi connectivity index (χ2n) is 5.06. The van der Waals surface area contributed by atoms with Crippen LogP contribution in [0, 0.1) is 6.92 Å². The Labute approximate surface area is 118 Å². The molecule has 1 aromatic carbocycles. The van der Waals surface area contributed by atoms with Crippen LogP contribution in [-0.4, -0.2) is 4.98 Å². The van der Waals surface area contributed by atoms with E-state index in [2.05, 4.69) is 41.5 Å². The topological polar surface area (TPSA) is 38.1 Å². The van der Waals surface area contributed by atoms with Gasteiger partial charge in [0.1, 0.15) is 5.76 Å². The lowest BCUT2D eigenvalue weighted by molar-refractivity contribution is 0.430. The molecule has 0 spiro atoms. The van der Waals surface area contributed by atoms with Crippen LogP contribution in [0.2, 0.25) is 0 Å². The van der Waals surface area contributed by atoms with Crippen molar-refractivity contribution in [3.63, 3.8) is 0 Å². The van der Waals surface area contributed by atoms with E-state index in [9.17, 15) is 0 Å². The maximum atomic E-state index is 5.42. The number of para-hydroxylation sites is 1. The van der Waals surface area contributed by atoms with E-state index in [1.165, 1.54) is 10.9 Å². The molecule has 0 saturated carbocycles. The van der Waals surface area contributed by atoms with Crippen molar-refractivity contribution in [1.82, 2.24) is 10.3 Å². The van der Waals surface area contributed by atoms with Crippen LogP contribution < -0.4 is 5.32 Å². The number of rotatable bonds is 4. The molecule has 0 aliphatic rings. The van der Waals surface area contributed by atoms with Crippen molar-refractivity contribution in [1.29, 1.82) is 0 Å². The fourth-order valence-corrected chi connectivity index (χ4v) is 2.44. The average molecular weight is 266 g/mol. The maximum Gasteiger partial charge on any atom is 0.120 e. The summed E-state index contributed by atoms with van der Waals surface area (Å²) in [5, 5.41) is 4.70. The molecule has 0 radical (unpaired) electrons. The zero-order valence-corrected chi connectivity index (χ0v) is 11.8. The van der Waals surface area contributed by atoms with E-state index in [-0.39, 0.29) is 6.04 Å². The molecular weight excluding hydrogens is 248 g/mol. The van der Waals surface area contributed by atoms with E-state index >= 15 is 0 Å². The summed E-state index contributed by atoms with van der Waals surface area (Å²) < 4.78 is 5.42. The Morgan fingerprint density at radius 2 is 2.05 bits per heavy atom. The first-order valence-corrected chi connectivity index (χ1v) is 6.86. The van der Waals surface area contributed by atoms with Crippen molar-refractivity contribution in [3.05, 3.63) is 65.7 Å². The highest BCUT2D eigenvalue weighted by Gasteiger charge is 2.09. The molecule has 2 aromatic heterocycles. The smallest absolute Gasteiger partial charge is 0.120 e. The number of hydrogen-bond acceptors (Lipinski definition) is 3. The largest absolute Gasteiger partial charge is 0.468 e. The molecule has 1 N–H and O–H groups in total. The van der Waals surface area contributed by atoms with Crippen molar-refractivity contribution in [3.8, 4) is 0 Å². The first-order valence-electron chi connectivity index (χ1n) is 6.86. The molecule has 0 amide bonds. The van der Waals surface area contributed by atoms with Gasteiger partial charge < -0.3 is 9.73 Å².